The molecule has 0 aromatic heterocycles. The van der Waals surface area contributed by atoms with Gasteiger partial charge in [0.05, 0.1) is 10.5 Å². The molecule has 0 saturated carbocycles. The second-order valence-electron chi connectivity index (χ2n) is 6.87. The summed E-state index contributed by atoms with van der Waals surface area (Å²) in [5.74, 6) is 0.704. The summed E-state index contributed by atoms with van der Waals surface area (Å²) in [4.78, 5) is 2.55. The molecule has 1 fully saturated rings. The molecule has 1 aliphatic heterocycles. The number of hydrogen-bond donors (Lipinski definition) is 2. The number of piperidine rings is 1. The highest BCUT2D eigenvalue weighted by molar-refractivity contribution is 7.90. The second-order valence-corrected chi connectivity index (χ2v) is 8.88. The molecule has 3 N–H and O–H groups in total. The Labute approximate surface area is 139 Å². The topological polar surface area (TPSA) is 83.6 Å². The maximum absolute atomic E-state index is 11.5. The molecule has 5 nitrogen and oxygen atoms in total. The predicted octanol–water partition coefficient (Wildman–Crippen LogP) is 1.36. The number of nitrogens with zero attached hydrogens (tertiary/aromatic N) is 1. The number of β-amino-alcohol motifs (C(OH)–C–C–N with tert-alkyl or cyclic N) is 1. The van der Waals surface area contributed by atoms with Gasteiger partial charge in [0, 0.05) is 12.8 Å². The Bertz CT molecular complexity index is 603. The Morgan fingerprint density at radius 1 is 1.26 bits per heavy atom. The van der Waals surface area contributed by atoms with E-state index in [1.807, 2.05) is 0 Å². The Hall–Kier alpha value is -0.950. The van der Waals surface area contributed by atoms with Crippen molar-refractivity contribution in [3.8, 4) is 0 Å². The van der Waals surface area contributed by atoms with Crippen LogP contribution in [0.4, 0.5) is 0 Å². The van der Waals surface area contributed by atoms with E-state index in [-0.39, 0.29) is 4.90 Å². The number of likely N-dealkylation sites (tertiary alicyclic amines) is 1. The van der Waals surface area contributed by atoms with Crippen LogP contribution in [0.5, 0.6) is 0 Å². The SMILES string of the molecule is CC(O)(CN1CCC(CCN)CC1)c1ccc(S(C)(=O)=O)cc1. The van der Waals surface area contributed by atoms with Gasteiger partial charge in [0.2, 0.25) is 0 Å². The van der Waals surface area contributed by atoms with E-state index in [4.69, 9.17) is 5.73 Å². The fraction of sp³-hybridized carbons (Fsp3) is 0.647. The highest BCUT2D eigenvalue weighted by Gasteiger charge is 2.29. The number of nitrogens with two attached hydrogens (primary N) is 1. The first-order valence-electron chi connectivity index (χ1n) is 8.18. The van der Waals surface area contributed by atoms with Crippen LogP contribution in [-0.2, 0) is 15.4 Å². The highest BCUT2D eigenvalue weighted by Crippen LogP contribution is 2.26. The maximum Gasteiger partial charge on any atom is 0.175 e. The van der Waals surface area contributed by atoms with E-state index in [0.717, 1.165) is 44.5 Å². The standard InChI is InChI=1S/C17H28N2O3S/c1-17(20,13-19-11-8-14(7-10-18)9-12-19)15-3-5-16(6-4-15)23(2,21)22/h3-6,14,20H,7-13,18H2,1-2H3. The average molecular weight is 340 g/mol. The average Bonchev–Trinajstić information content (AvgIpc) is 2.48. The van der Waals surface area contributed by atoms with Gasteiger partial charge >= 0.3 is 0 Å². The molecule has 2 rings (SSSR count). The summed E-state index contributed by atoms with van der Waals surface area (Å²) in [6.07, 6.45) is 4.52. The van der Waals surface area contributed by atoms with Crippen molar-refractivity contribution in [2.45, 2.75) is 36.7 Å². The first-order valence-corrected chi connectivity index (χ1v) is 10.1. The smallest absolute Gasteiger partial charge is 0.175 e. The third-order valence-electron chi connectivity index (χ3n) is 4.72. The number of hydrogen-bond acceptors (Lipinski definition) is 5. The summed E-state index contributed by atoms with van der Waals surface area (Å²) in [5, 5.41) is 10.8. The summed E-state index contributed by atoms with van der Waals surface area (Å²) < 4.78 is 23.0. The van der Waals surface area contributed by atoms with Crippen molar-refractivity contribution in [2.75, 3.05) is 32.4 Å². The third kappa shape index (κ3) is 5.01. The molecule has 0 spiro atoms. The monoisotopic (exact) mass is 340 g/mol. The minimum atomic E-state index is -3.21. The molecule has 130 valence electrons. The Morgan fingerprint density at radius 3 is 2.30 bits per heavy atom. The van der Waals surface area contributed by atoms with Gasteiger partial charge in [-0.1, -0.05) is 12.1 Å². The molecule has 0 aliphatic carbocycles. The maximum atomic E-state index is 11.5. The highest BCUT2D eigenvalue weighted by atomic mass is 32.2. The summed E-state index contributed by atoms with van der Waals surface area (Å²) >= 11 is 0. The Kier molecular flexibility index (Phi) is 5.84. The van der Waals surface area contributed by atoms with Crippen LogP contribution in [0.15, 0.2) is 29.2 Å². The largest absolute Gasteiger partial charge is 0.384 e. The normalized spacial score (nSPS) is 20.3. The van der Waals surface area contributed by atoms with Gasteiger partial charge in [-0.15, -0.1) is 0 Å². The van der Waals surface area contributed by atoms with Crippen LogP contribution in [0.25, 0.3) is 0 Å². The van der Waals surface area contributed by atoms with Gasteiger partial charge in [0.25, 0.3) is 0 Å². The molecule has 1 saturated heterocycles. The van der Waals surface area contributed by atoms with E-state index in [2.05, 4.69) is 4.90 Å². The van der Waals surface area contributed by atoms with Crippen molar-refractivity contribution in [1.82, 2.24) is 4.90 Å². The molecule has 1 unspecified atom stereocenters. The zero-order chi connectivity index (χ0) is 17.1. The Morgan fingerprint density at radius 2 is 1.83 bits per heavy atom. The molecule has 1 heterocycles. The lowest BCUT2D eigenvalue weighted by Crippen LogP contribution is -2.43. The van der Waals surface area contributed by atoms with Crippen LogP contribution >= 0.6 is 0 Å². The van der Waals surface area contributed by atoms with Gasteiger partial charge in [-0.05, 0) is 69.4 Å². The van der Waals surface area contributed by atoms with Gasteiger partial charge in [-0.2, -0.15) is 0 Å². The van der Waals surface area contributed by atoms with Crippen molar-refractivity contribution in [1.29, 1.82) is 0 Å². The fourth-order valence-corrected chi connectivity index (χ4v) is 3.89. The zero-order valence-electron chi connectivity index (χ0n) is 14.0. The molecule has 0 radical (unpaired) electrons. The number of benzene rings is 1. The van der Waals surface area contributed by atoms with E-state index in [1.54, 1.807) is 31.2 Å². The predicted molar refractivity (Wildman–Crippen MR) is 92.0 cm³/mol. The number of rotatable bonds is 6. The number of aliphatic hydroxyl groups is 1. The van der Waals surface area contributed by atoms with Crippen LogP contribution in [0.2, 0.25) is 0 Å². The molecule has 6 heteroatoms. The first-order chi connectivity index (χ1) is 10.7. The fourth-order valence-electron chi connectivity index (χ4n) is 3.26. The lowest BCUT2D eigenvalue weighted by atomic mass is 9.91. The molecule has 1 aromatic rings. The molecule has 1 aromatic carbocycles. The Balaban J connectivity index is 1.99. The lowest BCUT2D eigenvalue weighted by molar-refractivity contribution is 0.00541. The summed E-state index contributed by atoms with van der Waals surface area (Å²) in [6, 6.07) is 6.54. The van der Waals surface area contributed by atoms with Crippen LogP contribution < -0.4 is 5.73 Å². The van der Waals surface area contributed by atoms with Crippen LogP contribution in [0.1, 0.15) is 31.7 Å². The summed E-state index contributed by atoms with van der Waals surface area (Å²) in [7, 11) is -3.21. The van der Waals surface area contributed by atoms with Crippen LogP contribution in [-0.4, -0.2) is 50.9 Å². The molecule has 23 heavy (non-hydrogen) atoms. The zero-order valence-corrected chi connectivity index (χ0v) is 14.8. The summed E-state index contributed by atoms with van der Waals surface area (Å²) in [6.45, 7) is 5.04. The minimum Gasteiger partial charge on any atom is -0.384 e. The van der Waals surface area contributed by atoms with Crippen LogP contribution in [0.3, 0.4) is 0 Å². The van der Waals surface area contributed by atoms with Crippen molar-refractivity contribution >= 4 is 9.84 Å². The van der Waals surface area contributed by atoms with E-state index in [1.165, 1.54) is 6.26 Å². The molecule has 1 atom stereocenters. The third-order valence-corrected chi connectivity index (χ3v) is 5.85. The van der Waals surface area contributed by atoms with Gasteiger partial charge in [0.1, 0.15) is 0 Å². The molecule has 0 bridgehead atoms. The van der Waals surface area contributed by atoms with Gasteiger partial charge in [-0.3, -0.25) is 0 Å². The van der Waals surface area contributed by atoms with Crippen molar-refractivity contribution in [3.63, 3.8) is 0 Å². The lowest BCUT2D eigenvalue weighted by Gasteiger charge is -2.36. The summed E-state index contributed by atoms with van der Waals surface area (Å²) in [5.41, 5.74) is 5.37. The van der Waals surface area contributed by atoms with Gasteiger partial charge in [-0.25, -0.2) is 8.42 Å². The molecule has 0 amide bonds. The molecular weight excluding hydrogens is 312 g/mol. The van der Waals surface area contributed by atoms with E-state index < -0.39 is 15.4 Å². The van der Waals surface area contributed by atoms with Crippen LogP contribution in [0, 0.1) is 5.92 Å². The molecular formula is C17H28N2O3S. The first kappa shape index (κ1) is 18.4. The van der Waals surface area contributed by atoms with E-state index in [0.29, 0.717) is 12.5 Å². The van der Waals surface area contributed by atoms with Crippen molar-refractivity contribution in [2.24, 2.45) is 11.7 Å². The minimum absolute atomic E-state index is 0.277. The molecule has 1 aliphatic rings. The second kappa shape index (κ2) is 7.30. The van der Waals surface area contributed by atoms with E-state index in [9.17, 15) is 13.5 Å². The van der Waals surface area contributed by atoms with Crippen molar-refractivity contribution in [3.05, 3.63) is 29.8 Å². The van der Waals surface area contributed by atoms with E-state index >= 15 is 0 Å². The quantitative estimate of drug-likeness (QED) is 0.817. The number of sulfone groups is 1. The van der Waals surface area contributed by atoms with Gasteiger partial charge < -0.3 is 15.7 Å². The van der Waals surface area contributed by atoms with Gasteiger partial charge in [0.15, 0.2) is 9.84 Å². The van der Waals surface area contributed by atoms with Crippen molar-refractivity contribution < 1.29 is 13.5 Å².